The number of nitrogens with one attached hydrogen (secondary N) is 1. The summed E-state index contributed by atoms with van der Waals surface area (Å²) in [6.07, 6.45) is 0. The van der Waals surface area contributed by atoms with Crippen LogP contribution in [0.2, 0.25) is 0 Å². The van der Waals surface area contributed by atoms with Gasteiger partial charge in [0.2, 0.25) is 5.76 Å². The molecular formula is C13H19NO5. The second-order valence-corrected chi connectivity index (χ2v) is 4.21. The molecular weight excluding hydrogens is 250 g/mol. The second-order valence-electron chi connectivity index (χ2n) is 4.21. The minimum atomic E-state index is -0.702. The molecule has 106 valence electrons. The molecule has 0 amide bonds. The molecule has 1 aromatic rings. The summed E-state index contributed by atoms with van der Waals surface area (Å²) in [5.74, 6) is -0.925. The zero-order chi connectivity index (χ0) is 14.6. The predicted molar refractivity (Wildman–Crippen MR) is 69.6 cm³/mol. The number of rotatable bonds is 5. The van der Waals surface area contributed by atoms with Gasteiger partial charge in [0.05, 0.1) is 19.9 Å². The van der Waals surface area contributed by atoms with Crippen molar-refractivity contribution in [3.8, 4) is 0 Å². The highest BCUT2D eigenvalue weighted by molar-refractivity contribution is 6.06. The summed E-state index contributed by atoms with van der Waals surface area (Å²) in [5, 5.41) is 3.04. The Morgan fingerprint density at radius 3 is 2.21 bits per heavy atom. The van der Waals surface area contributed by atoms with Crippen LogP contribution in [0.25, 0.3) is 0 Å². The largest absolute Gasteiger partial charge is 0.465 e. The van der Waals surface area contributed by atoms with Crippen LogP contribution in [0, 0.1) is 0 Å². The number of esters is 2. The van der Waals surface area contributed by atoms with Crippen molar-refractivity contribution < 1.29 is 23.5 Å². The number of hydrogen-bond donors (Lipinski definition) is 1. The van der Waals surface area contributed by atoms with Crippen LogP contribution >= 0.6 is 0 Å². The Morgan fingerprint density at radius 1 is 1.21 bits per heavy atom. The van der Waals surface area contributed by atoms with Crippen molar-refractivity contribution in [2.45, 2.75) is 26.7 Å². The van der Waals surface area contributed by atoms with Crippen molar-refractivity contribution in [2.75, 3.05) is 26.1 Å². The lowest BCUT2D eigenvalue weighted by Gasteiger charge is -2.08. The lowest BCUT2D eigenvalue weighted by molar-refractivity contribution is 0.0527. The fourth-order valence-corrected chi connectivity index (χ4v) is 1.74. The summed E-state index contributed by atoms with van der Waals surface area (Å²) in [4.78, 5) is 23.6. The molecule has 0 atom stereocenters. The quantitative estimate of drug-likeness (QED) is 0.827. The third-order valence-electron chi connectivity index (χ3n) is 2.57. The van der Waals surface area contributed by atoms with Crippen molar-refractivity contribution in [1.82, 2.24) is 0 Å². The normalized spacial score (nSPS) is 10.4. The van der Waals surface area contributed by atoms with Gasteiger partial charge in [-0.15, -0.1) is 0 Å². The Bertz CT molecular complexity index is 476. The number of methoxy groups -OCH3 is 2. The van der Waals surface area contributed by atoms with Gasteiger partial charge in [-0.05, 0) is 6.92 Å². The first-order valence-electron chi connectivity index (χ1n) is 6.05. The van der Waals surface area contributed by atoms with Crippen LogP contribution in [0.4, 0.5) is 5.69 Å². The molecule has 0 aliphatic heterocycles. The summed E-state index contributed by atoms with van der Waals surface area (Å²) in [6.45, 7) is 6.28. The Balaban J connectivity index is 3.50. The summed E-state index contributed by atoms with van der Waals surface area (Å²) in [6, 6.07) is 0. The minimum absolute atomic E-state index is 0.0101. The first-order chi connectivity index (χ1) is 8.97. The third-order valence-corrected chi connectivity index (χ3v) is 2.57. The molecule has 1 heterocycles. The van der Waals surface area contributed by atoms with E-state index in [1.165, 1.54) is 14.2 Å². The highest BCUT2D eigenvalue weighted by Crippen LogP contribution is 2.34. The number of carbonyl (C=O) groups excluding carboxylic acids is 2. The molecule has 0 unspecified atom stereocenters. The summed E-state index contributed by atoms with van der Waals surface area (Å²) >= 11 is 0. The first kappa shape index (κ1) is 15.1. The maximum atomic E-state index is 11.9. The Labute approximate surface area is 112 Å². The van der Waals surface area contributed by atoms with Crippen molar-refractivity contribution in [3.05, 3.63) is 17.1 Å². The van der Waals surface area contributed by atoms with Crippen LogP contribution < -0.4 is 5.32 Å². The molecule has 0 aliphatic rings. The Hall–Kier alpha value is -1.98. The molecule has 0 bridgehead atoms. The Kier molecular flexibility index (Phi) is 4.97. The zero-order valence-corrected chi connectivity index (χ0v) is 11.8. The van der Waals surface area contributed by atoms with E-state index in [1.54, 1.807) is 0 Å². The molecule has 1 N–H and O–H groups in total. The van der Waals surface area contributed by atoms with Crippen molar-refractivity contribution >= 4 is 17.6 Å². The minimum Gasteiger partial charge on any atom is -0.465 e. The number of hydrogen-bond acceptors (Lipinski definition) is 6. The van der Waals surface area contributed by atoms with Gasteiger partial charge in [0.15, 0.2) is 0 Å². The average molecular weight is 269 g/mol. The molecule has 0 saturated heterocycles. The van der Waals surface area contributed by atoms with E-state index in [0.717, 1.165) is 0 Å². The highest BCUT2D eigenvalue weighted by atomic mass is 16.5. The summed E-state index contributed by atoms with van der Waals surface area (Å²) < 4.78 is 14.8. The molecule has 0 saturated carbocycles. The van der Waals surface area contributed by atoms with Gasteiger partial charge in [-0.25, -0.2) is 9.59 Å². The van der Waals surface area contributed by atoms with Crippen LogP contribution in [-0.2, 0) is 9.47 Å². The van der Waals surface area contributed by atoms with E-state index >= 15 is 0 Å². The predicted octanol–water partition coefficient (Wildman–Crippen LogP) is 2.41. The molecule has 0 fully saturated rings. The fourth-order valence-electron chi connectivity index (χ4n) is 1.74. The maximum Gasteiger partial charge on any atom is 0.374 e. The van der Waals surface area contributed by atoms with Crippen molar-refractivity contribution in [3.63, 3.8) is 0 Å². The van der Waals surface area contributed by atoms with Gasteiger partial charge < -0.3 is 19.2 Å². The summed E-state index contributed by atoms with van der Waals surface area (Å²) in [7, 11) is 2.48. The number of ether oxygens (including phenoxy) is 2. The van der Waals surface area contributed by atoms with E-state index in [2.05, 4.69) is 10.1 Å². The van der Waals surface area contributed by atoms with Crippen molar-refractivity contribution in [1.29, 1.82) is 0 Å². The molecule has 0 aliphatic carbocycles. The second kappa shape index (κ2) is 6.26. The van der Waals surface area contributed by atoms with Gasteiger partial charge in [-0.3, -0.25) is 0 Å². The Morgan fingerprint density at radius 2 is 1.79 bits per heavy atom. The average Bonchev–Trinajstić information content (AvgIpc) is 2.77. The smallest absolute Gasteiger partial charge is 0.374 e. The highest BCUT2D eigenvalue weighted by Gasteiger charge is 2.31. The fraction of sp³-hybridized carbons (Fsp3) is 0.538. The van der Waals surface area contributed by atoms with Gasteiger partial charge in [0.25, 0.3) is 0 Å². The van der Waals surface area contributed by atoms with Gasteiger partial charge in [-0.2, -0.15) is 0 Å². The molecule has 19 heavy (non-hydrogen) atoms. The van der Waals surface area contributed by atoms with Gasteiger partial charge in [0.1, 0.15) is 11.3 Å². The van der Waals surface area contributed by atoms with E-state index in [0.29, 0.717) is 18.0 Å². The van der Waals surface area contributed by atoms with Crippen LogP contribution in [0.1, 0.15) is 53.4 Å². The first-order valence-corrected chi connectivity index (χ1v) is 6.05. The van der Waals surface area contributed by atoms with Gasteiger partial charge >= 0.3 is 11.9 Å². The zero-order valence-electron chi connectivity index (χ0n) is 11.8. The number of furan rings is 1. The molecule has 0 spiro atoms. The molecule has 0 aromatic carbocycles. The van der Waals surface area contributed by atoms with E-state index in [1.807, 2.05) is 20.8 Å². The molecule has 1 aromatic heterocycles. The molecule has 6 nitrogen and oxygen atoms in total. The van der Waals surface area contributed by atoms with Crippen LogP contribution in [0.5, 0.6) is 0 Å². The summed E-state index contributed by atoms with van der Waals surface area (Å²) in [5.41, 5.74) is 0.574. The SMILES string of the molecule is CCNc1c(C(C)C)oc(C(=O)OC)c1C(=O)OC. The van der Waals surface area contributed by atoms with Crippen LogP contribution in [0.3, 0.4) is 0 Å². The van der Waals surface area contributed by atoms with E-state index < -0.39 is 11.9 Å². The van der Waals surface area contributed by atoms with Crippen LogP contribution in [0.15, 0.2) is 4.42 Å². The molecule has 0 radical (unpaired) electrons. The van der Waals surface area contributed by atoms with Crippen molar-refractivity contribution in [2.24, 2.45) is 0 Å². The lowest BCUT2D eigenvalue weighted by Crippen LogP contribution is -2.12. The van der Waals surface area contributed by atoms with E-state index in [4.69, 9.17) is 9.15 Å². The van der Waals surface area contributed by atoms with E-state index in [-0.39, 0.29) is 17.2 Å². The van der Waals surface area contributed by atoms with E-state index in [9.17, 15) is 9.59 Å². The molecule has 6 heteroatoms. The monoisotopic (exact) mass is 269 g/mol. The lowest BCUT2D eigenvalue weighted by atomic mass is 10.1. The third kappa shape index (κ3) is 2.89. The van der Waals surface area contributed by atoms with Crippen LogP contribution in [-0.4, -0.2) is 32.7 Å². The number of anilines is 1. The standard InChI is InChI=1S/C13H19NO5/c1-6-14-9-8(12(15)17-4)11(13(16)18-5)19-10(9)7(2)3/h7,14H,6H2,1-5H3. The molecule has 1 rings (SSSR count). The number of carbonyl (C=O) groups is 2. The van der Waals surface area contributed by atoms with Gasteiger partial charge in [0, 0.05) is 12.5 Å². The maximum absolute atomic E-state index is 11.9. The van der Waals surface area contributed by atoms with Gasteiger partial charge in [-0.1, -0.05) is 13.8 Å². The topological polar surface area (TPSA) is 77.8 Å².